The van der Waals surface area contributed by atoms with Gasteiger partial charge in [-0.3, -0.25) is 9.59 Å². The van der Waals surface area contributed by atoms with Crippen molar-refractivity contribution < 1.29 is 24.5 Å². The van der Waals surface area contributed by atoms with E-state index < -0.39 is 12.1 Å². The third-order valence-corrected chi connectivity index (χ3v) is 16.7. The van der Waals surface area contributed by atoms with Crippen molar-refractivity contribution in [1.29, 1.82) is 0 Å². The minimum Gasteiger partial charge on any atom is -0.466 e. The summed E-state index contributed by atoms with van der Waals surface area (Å²) in [5, 5.41) is 23.2. The molecule has 78 heavy (non-hydrogen) atoms. The monoisotopic (exact) mass is 1100 g/mol. The second-order valence-corrected chi connectivity index (χ2v) is 24.6. The molecule has 2 unspecified atom stereocenters. The van der Waals surface area contributed by atoms with Crippen LogP contribution >= 0.6 is 0 Å². The third kappa shape index (κ3) is 63.5. The smallest absolute Gasteiger partial charge is 0.305 e. The van der Waals surface area contributed by atoms with Gasteiger partial charge in [0.25, 0.3) is 0 Å². The molecule has 0 spiro atoms. The van der Waals surface area contributed by atoms with E-state index in [0.717, 1.165) is 44.9 Å². The molecular formula is C72H139NO5. The van der Waals surface area contributed by atoms with Crippen molar-refractivity contribution in [2.24, 2.45) is 0 Å². The lowest BCUT2D eigenvalue weighted by Gasteiger charge is -2.20. The minimum absolute atomic E-state index is 0.0122. The molecule has 0 aliphatic heterocycles. The van der Waals surface area contributed by atoms with Crippen molar-refractivity contribution in [3.8, 4) is 0 Å². The summed E-state index contributed by atoms with van der Waals surface area (Å²) in [5.41, 5.74) is 0. The number of nitrogens with one attached hydrogen (secondary N) is 1. The molecule has 462 valence electrons. The zero-order valence-corrected chi connectivity index (χ0v) is 52.9. The van der Waals surface area contributed by atoms with E-state index in [4.69, 9.17) is 4.74 Å². The van der Waals surface area contributed by atoms with Crippen LogP contribution in [0.4, 0.5) is 0 Å². The molecule has 0 aliphatic carbocycles. The quantitative estimate of drug-likeness (QED) is 0.0320. The van der Waals surface area contributed by atoms with Gasteiger partial charge >= 0.3 is 5.97 Å². The van der Waals surface area contributed by atoms with Crippen LogP contribution in [-0.2, 0) is 14.3 Å². The van der Waals surface area contributed by atoms with Crippen LogP contribution in [0.5, 0.6) is 0 Å². The number of amides is 1. The molecule has 0 fully saturated rings. The van der Waals surface area contributed by atoms with Gasteiger partial charge in [-0.2, -0.15) is 0 Å². The summed E-state index contributed by atoms with van der Waals surface area (Å²) in [6.45, 7) is 4.92. The number of hydrogen-bond acceptors (Lipinski definition) is 5. The molecule has 0 saturated carbocycles. The Bertz CT molecular complexity index is 1220. The van der Waals surface area contributed by atoms with Gasteiger partial charge in [0.1, 0.15) is 0 Å². The second-order valence-electron chi connectivity index (χ2n) is 24.6. The highest BCUT2D eigenvalue weighted by Crippen LogP contribution is 2.19. The van der Waals surface area contributed by atoms with Crippen LogP contribution in [0, 0.1) is 0 Å². The largest absolute Gasteiger partial charge is 0.466 e. The molecule has 1 amide bonds. The molecule has 2 atom stereocenters. The number of carbonyl (C=O) groups is 2. The van der Waals surface area contributed by atoms with Gasteiger partial charge in [0.05, 0.1) is 25.4 Å². The van der Waals surface area contributed by atoms with E-state index in [2.05, 4.69) is 31.3 Å². The topological polar surface area (TPSA) is 95.9 Å². The summed E-state index contributed by atoms with van der Waals surface area (Å²) in [5.74, 6) is -0.0484. The molecule has 0 radical (unpaired) electrons. The Balaban J connectivity index is 3.33. The van der Waals surface area contributed by atoms with E-state index in [0.29, 0.717) is 19.4 Å². The molecule has 0 aromatic heterocycles. The van der Waals surface area contributed by atoms with Crippen LogP contribution < -0.4 is 5.32 Å². The number of ether oxygens (including phenoxy) is 1. The highest BCUT2D eigenvalue weighted by molar-refractivity contribution is 5.76. The minimum atomic E-state index is -0.841. The fourth-order valence-electron chi connectivity index (χ4n) is 11.3. The predicted octanol–water partition coefficient (Wildman–Crippen LogP) is 22.9. The van der Waals surface area contributed by atoms with Crippen molar-refractivity contribution in [2.45, 2.75) is 411 Å². The average Bonchev–Trinajstić information content (AvgIpc) is 3.44. The lowest BCUT2D eigenvalue weighted by molar-refractivity contribution is -0.143. The number of esters is 1. The average molecular weight is 1100 g/mol. The van der Waals surface area contributed by atoms with Gasteiger partial charge in [-0.05, 0) is 57.8 Å². The van der Waals surface area contributed by atoms with E-state index in [1.165, 1.54) is 327 Å². The molecule has 0 rings (SSSR count). The Hall–Kier alpha value is -1.66. The van der Waals surface area contributed by atoms with Crippen LogP contribution in [0.2, 0.25) is 0 Å². The molecule has 6 heteroatoms. The fourth-order valence-corrected chi connectivity index (χ4v) is 11.3. The maximum Gasteiger partial charge on any atom is 0.305 e. The van der Waals surface area contributed by atoms with E-state index in [1.807, 2.05) is 6.08 Å². The maximum absolute atomic E-state index is 12.5. The van der Waals surface area contributed by atoms with E-state index in [-0.39, 0.29) is 18.5 Å². The summed E-state index contributed by atoms with van der Waals surface area (Å²) in [6.07, 6.45) is 85.5. The van der Waals surface area contributed by atoms with Crippen LogP contribution in [0.15, 0.2) is 24.3 Å². The van der Waals surface area contributed by atoms with E-state index in [9.17, 15) is 19.8 Å². The number of allylic oxidation sites excluding steroid dienone is 3. The second kappa shape index (κ2) is 67.8. The van der Waals surface area contributed by atoms with Crippen molar-refractivity contribution in [2.75, 3.05) is 13.2 Å². The molecule has 0 saturated heterocycles. The number of aliphatic hydroxyl groups is 2. The predicted molar refractivity (Wildman–Crippen MR) is 343 cm³/mol. The van der Waals surface area contributed by atoms with Gasteiger partial charge in [0.2, 0.25) is 5.91 Å². The number of unbranched alkanes of at least 4 members (excludes halogenated alkanes) is 54. The van der Waals surface area contributed by atoms with Crippen molar-refractivity contribution >= 4 is 11.9 Å². The van der Waals surface area contributed by atoms with Gasteiger partial charge < -0.3 is 20.3 Å². The first-order valence-electron chi connectivity index (χ1n) is 35.6. The first kappa shape index (κ1) is 76.3. The maximum atomic E-state index is 12.5. The summed E-state index contributed by atoms with van der Waals surface area (Å²) in [6, 6.07) is -0.624. The zero-order chi connectivity index (χ0) is 56.4. The van der Waals surface area contributed by atoms with Gasteiger partial charge in [-0.25, -0.2) is 0 Å². The summed E-state index contributed by atoms with van der Waals surface area (Å²) >= 11 is 0. The normalized spacial score (nSPS) is 12.6. The SMILES string of the molecule is CCCCCC/C=C\CCCCCCCC(=O)OCCCCCCCCCCCCCCCCCCCCCCCCCCCCCCCCCCC(=O)NC(CO)C(O)/C=C/CCCCCCCCCCCCCCCC. The Kier molecular flexibility index (Phi) is 66.4. The lowest BCUT2D eigenvalue weighted by Crippen LogP contribution is -2.45. The van der Waals surface area contributed by atoms with Crippen molar-refractivity contribution in [3.63, 3.8) is 0 Å². The number of carbonyl (C=O) groups excluding carboxylic acids is 2. The van der Waals surface area contributed by atoms with Crippen molar-refractivity contribution in [3.05, 3.63) is 24.3 Å². The number of aliphatic hydroxyl groups excluding tert-OH is 2. The van der Waals surface area contributed by atoms with Crippen molar-refractivity contribution in [1.82, 2.24) is 5.32 Å². The summed E-state index contributed by atoms with van der Waals surface area (Å²) in [4.78, 5) is 24.5. The molecule has 0 aromatic rings. The molecular weight excluding hydrogens is 959 g/mol. The lowest BCUT2D eigenvalue weighted by atomic mass is 10.0. The Labute approximate surface area is 488 Å². The first-order valence-corrected chi connectivity index (χ1v) is 35.6. The Morgan fingerprint density at radius 2 is 0.603 bits per heavy atom. The molecule has 0 bridgehead atoms. The summed E-state index contributed by atoms with van der Waals surface area (Å²) in [7, 11) is 0. The van der Waals surface area contributed by atoms with Crippen LogP contribution in [-0.4, -0.2) is 47.4 Å². The highest BCUT2D eigenvalue weighted by atomic mass is 16.5. The van der Waals surface area contributed by atoms with Crippen LogP contribution in [0.25, 0.3) is 0 Å². The standard InChI is InChI=1S/C72H139NO5/c1-3-5-7-9-11-13-15-17-18-37-41-44-48-52-56-60-64-70(75)69(68-74)73-71(76)65-61-57-53-49-45-42-38-35-33-31-29-27-25-23-21-19-20-22-24-26-28-30-32-34-36-39-43-47-51-55-59-63-67-78-72(77)66-62-58-54-50-46-40-16-14-12-10-8-6-4-2/h14,16,60,64,69-70,74-75H,3-13,15,17-59,61-63,65-68H2,1-2H3,(H,73,76)/b16-14-,64-60+. The molecule has 0 aliphatic rings. The molecule has 3 N–H and O–H groups in total. The first-order chi connectivity index (χ1) is 38.5. The number of hydrogen-bond donors (Lipinski definition) is 3. The molecule has 0 aromatic carbocycles. The highest BCUT2D eigenvalue weighted by Gasteiger charge is 2.18. The Morgan fingerprint density at radius 1 is 0.346 bits per heavy atom. The van der Waals surface area contributed by atoms with Gasteiger partial charge in [0, 0.05) is 12.8 Å². The van der Waals surface area contributed by atoms with Crippen LogP contribution in [0.3, 0.4) is 0 Å². The number of rotatable bonds is 67. The Morgan fingerprint density at radius 3 is 0.923 bits per heavy atom. The van der Waals surface area contributed by atoms with E-state index in [1.54, 1.807) is 6.08 Å². The van der Waals surface area contributed by atoms with Gasteiger partial charge in [-0.15, -0.1) is 0 Å². The molecule has 0 heterocycles. The van der Waals surface area contributed by atoms with Gasteiger partial charge in [-0.1, -0.05) is 353 Å². The zero-order valence-electron chi connectivity index (χ0n) is 52.9. The third-order valence-electron chi connectivity index (χ3n) is 16.7. The fraction of sp³-hybridized carbons (Fsp3) is 0.917. The van der Waals surface area contributed by atoms with Gasteiger partial charge in [0.15, 0.2) is 0 Å². The van der Waals surface area contributed by atoms with E-state index >= 15 is 0 Å². The molecule has 6 nitrogen and oxygen atoms in total. The van der Waals surface area contributed by atoms with Crippen LogP contribution in [0.1, 0.15) is 399 Å². The summed E-state index contributed by atoms with van der Waals surface area (Å²) < 4.78 is 5.48.